The van der Waals surface area contributed by atoms with E-state index < -0.39 is 0 Å². The molecular formula is C10H15N7O2. The minimum atomic E-state index is -0.288. The summed E-state index contributed by atoms with van der Waals surface area (Å²) in [7, 11) is 0. The molecule has 0 aliphatic carbocycles. The topological polar surface area (TPSA) is 125 Å². The van der Waals surface area contributed by atoms with Crippen LogP contribution in [0.3, 0.4) is 0 Å². The SMILES string of the molecule is Cc1nc(CCNC(=O)c2cn(CCN)nn2)no1. The molecule has 3 N–H and O–H groups in total. The zero-order chi connectivity index (χ0) is 13.7. The summed E-state index contributed by atoms with van der Waals surface area (Å²) < 4.78 is 6.35. The third-order valence-corrected chi connectivity index (χ3v) is 2.33. The van der Waals surface area contributed by atoms with E-state index in [1.807, 2.05) is 0 Å². The lowest BCUT2D eigenvalue weighted by Gasteiger charge is -1.99. The van der Waals surface area contributed by atoms with E-state index in [0.717, 1.165) is 0 Å². The number of nitrogens with two attached hydrogens (primary N) is 1. The van der Waals surface area contributed by atoms with Crippen LogP contribution in [0, 0.1) is 6.92 Å². The van der Waals surface area contributed by atoms with Gasteiger partial charge in [-0.1, -0.05) is 10.4 Å². The third kappa shape index (κ3) is 3.58. The first kappa shape index (κ1) is 13.1. The van der Waals surface area contributed by atoms with Gasteiger partial charge in [0.05, 0.1) is 12.7 Å². The molecule has 0 aromatic carbocycles. The second-order valence-electron chi connectivity index (χ2n) is 3.89. The molecule has 0 radical (unpaired) electrons. The van der Waals surface area contributed by atoms with Crippen molar-refractivity contribution in [3.05, 3.63) is 23.6 Å². The van der Waals surface area contributed by atoms with Crippen LogP contribution >= 0.6 is 0 Å². The van der Waals surface area contributed by atoms with E-state index in [4.69, 9.17) is 10.3 Å². The summed E-state index contributed by atoms with van der Waals surface area (Å²) in [5, 5.41) is 14.0. The second-order valence-corrected chi connectivity index (χ2v) is 3.89. The van der Waals surface area contributed by atoms with Crippen LogP contribution in [0.2, 0.25) is 0 Å². The Kier molecular flexibility index (Phi) is 4.18. The molecule has 0 atom stereocenters. The number of carbonyl (C=O) groups excluding carboxylic acids is 1. The van der Waals surface area contributed by atoms with Crippen molar-refractivity contribution in [3.63, 3.8) is 0 Å². The molecule has 1 amide bonds. The molecule has 9 heteroatoms. The Morgan fingerprint density at radius 1 is 1.58 bits per heavy atom. The van der Waals surface area contributed by atoms with Gasteiger partial charge in [-0.3, -0.25) is 9.48 Å². The lowest BCUT2D eigenvalue weighted by Crippen LogP contribution is -2.26. The van der Waals surface area contributed by atoms with Crippen molar-refractivity contribution in [2.45, 2.75) is 19.9 Å². The Morgan fingerprint density at radius 2 is 2.42 bits per heavy atom. The highest BCUT2D eigenvalue weighted by atomic mass is 16.5. The summed E-state index contributed by atoms with van der Waals surface area (Å²) in [5.41, 5.74) is 5.64. The predicted molar refractivity (Wildman–Crippen MR) is 64.1 cm³/mol. The van der Waals surface area contributed by atoms with Gasteiger partial charge in [-0.05, 0) is 0 Å². The maximum absolute atomic E-state index is 11.7. The van der Waals surface area contributed by atoms with Gasteiger partial charge in [0.15, 0.2) is 11.5 Å². The molecule has 0 bridgehead atoms. The van der Waals surface area contributed by atoms with E-state index >= 15 is 0 Å². The molecule has 0 saturated heterocycles. The van der Waals surface area contributed by atoms with E-state index in [1.165, 1.54) is 4.68 Å². The van der Waals surface area contributed by atoms with Crippen LogP contribution in [0.4, 0.5) is 0 Å². The standard InChI is InChI=1S/C10H15N7O2/c1-7-13-9(15-19-7)2-4-12-10(18)8-6-17(5-3-11)16-14-8/h6H,2-5,11H2,1H3,(H,12,18). The molecule has 0 fully saturated rings. The number of rotatable bonds is 6. The van der Waals surface area contributed by atoms with Gasteiger partial charge < -0.3 is 15.6 Å². The summed E-state index contributed by atoms with van der Waals surface area (Å²) in [6.07, 6.45) is 2.06. The van der Waals surface area contributed by atoms with Crippen molar-refractivity contribution >= 4 is 5.91 Å². The molecule has 0 aliphatic heterocycles. The summed E-state index contributed by atoms with van der Waals surface area (Å²) >= 11 is 0. The molecule has 0 unspecified atom stereocenters. The van der Waals surface area contributed by atoms with Gasteiger partial charge in [0.1, 0.15) is 0 Å². The molecule has 0 saturated carbocycles. The Hall–Kier alpha value is -2.29. The van der Waals surface area contributed by atoms with Gasteiger partial charge in [0.2, 0.25) is 5.89 Å². The molecule has 9 nitrogen and oxygen atoms in total. The lowest BCUT2D eigenvalue weighted by molar-refractivity contribution is 0.0949. The minimum absolute atomic E-state index is 0.262. The monoisotopic (exact) mass is 265 g/mol. The van der Waals surface area contributed by atoms with Crippen molar-refractivity contribution in [1.29, 1.82) is 0 Å². The first-order valence-electron chi connectivity index (χ1n) is 5.86. The molecule has 2 rings (SSSR count). The highest BCUT2D eigenvalue weighted by molar-refractivity contribution is 5.91. The van der Waals surface area contributed by atoms with E-state index in [1.54, 1.807) is 13.1 Å². The average Bonchev–Trinajstić information content (AvgIpc) is 2.99. The number of carbonyl (C=O) groups is 1. The van der Waals surface area contributed by atoms with E-state index in [2.05, 4.69) is 25.8 Å². The molecule has 19 heavy (non-hydrogen) atoms. The van der Waals surface area contributed by atoms with Crippen LogP contribution in [-0.2, 0) is 13.0 Å². The Balaban J connectivity index is 1.80. The average molecular weight is 265 g/mol. The summed E-state index contributed by atoms with van der Waals surface area (Å²) in [4.78, 5) is 15.8. The fourth-order valence-electron chi connectivity index (χ4n) is 1.47. The third-order valence-electron chi connectivity index (χ3n) is 2.33. The van der Waals surface area contributed by atoms with Gasteiger partial charge in [0.25, 0.3) is 5.91 Å². The number of aryl methyl sites for hydroxylation is 1. The van der Waals surface area contributed by atoms with Crippen LogP contribution in [-0.4, -0.2) is 44.1 Å². The van der Waals surface area contributed by atoms with E-state index in [9.17, 15) is 4.79 Å². The molecule has 0 aliphatic rings. The summed E-state index contributed by atoms with van der Waals surface area (Å²) in [5.74, 6) is 0.777. The van der Waals surface area contributed by atoms with Gasteiger partial charge in [-0.2, -0.15) is 4.98 Å². The summed E-state index contributed by atoms with van der Waals surface area (Å²) in [6, 6.07) is 0. The molecule has 2 aromatic heterocycles. The van der Waals surface area contributed by atoms with E-state index in [0.29, 0.717) is 37.8 Å². The van der Waals surface area contributed by atoms with Crippen molar-refractivity contribution < 1.29 is 9.32 Å². The van der Waals surface area contributed by atoms with Gasteiger partial charge >= 0.3 is 0 Å². The van der Waals surface area contributed by atoms with Crippen LogP contribution in [0.15, 0.2) is 10.7 Å². The number of amides is 1. The van der Waals surface area contributed by atoms with Crippen molar-refractivity contribution in [3.8, 4) is 0 Å². The molecule has 102 valence electrons. The van der Waals surface area contributed by atoms with Crippen molar-refractivity contribution in [2.75, 3.05) is 13.1 Å². The fourth-order valence-corrected chi connectivity index (χ4v) is 1.47. The van der Waals surface area contributed by atoms with Crippen LogP contribution in [0.25, 0.3) is 0 Å². The maximum Gasteiger partial charge on any atom is 0.273 e. The fraction of sp³-hybridized carbons (Fsp3) is 0.500. The van der Waals surface area contributed by atoms with Crippen LogP contribution < -0.4 is 11.1 Å². The van der Waals surface area contributed by atoms with Crippen molar-refractivity contribution in [2.24, 2.45) is 5.73 Å². The Morgan fingerprint density at radius 3 is 3.11 bits per heavy atom. The summed E-state index contributed by atoms with van der Waals surface area (Å²) in [6.45, 7) is 3.09. The smallest absolute Gasteiger partial charge is 0.273 e. The predicted octanol–water partition coefficient (Wildman–Crippen LogP) is -1.10. The number of nitrogens with zero attached hydrogens (tertiary/aromatic N) is 5. The maximum atomic E-state index is 11.7. The molecule has 0 spiro atoms. The van der Waals surface area contributed by atoms with Crippen LogP contribution in [0.1, 0.15) is 22.2 Å². The zero-order valence-electron chi connectivity index (χ0n) is 10.5. The number of hydrogen-bond acceptors (Lipinski definition) is 7. The molecule has 2 aromatic rings. The van der Waals surface area contributed by atoms with Gasteiger partial charge in [0, 0.05) is 26.4 Å². The highest BCUT2D eigenvalue weighted by Crippen LogP contribution is 1.96. The minimum Gasteiger partial charge on any atom is -0.350 e. The Bertz CT molecular complexity index is 548. The number of aromatic nitrogens is 5. The number of nitrogens with one attached hydrogen (secondary N) is 1. The lowest BCUT2D eigenvalue weighted by atomic mass is 10.3. The first-order chi connectivity index (χ1) is 9.19. The zero-order valence-corrected chi connectivity index (χ0v) is 10.5. The largest absolute Gasteiger partial charge is 0.350 e. The van der Waals surface area contributed by atoms with Crippen LogP contribution in [0.5, 0.6) is 0 Å². The normalized spacial score (nSPS) is 10.6. The molecule has 2 heterocycles. The quantitative estimate of drug-likeness (QED) is 0.679. The first-order valence-corrected chi connectivity index (χ1v) is 5.86. The van der Waals surface area contributed by atoms with Crippen molar-refractivity contribution in [1.82, 2.24) is 30.5 Å². The number of hydrogen-bond donors (Lipinski definition) is 2. The molecular weight excluding hydrogens is 250 g/mol. The Labute approximate surface area is 109 Å². The second kappa shape index (κ2) is 6.05. The van der Waals surface area contributed by atoms with Gasteiger partial charge in [-0.15, -0.1) is 5.10 Å². The van der Waals surface area contributed by atoms with E-state index in [-0.39, 0.29) is 11.6 Å². The highest BCUT2D eigenvalue weighted by Gasteiger charge is 2.10. The van der Waals surface area contributed by atoms with Gasteiger partial charge in [-0.25, -0.2) is 0 Å².